The minimum absolute atomic E-state index is 0.0727. The number of carbonyl (C=O) groups excluding carboxylic acids is 1. The predicted octanol–water partition coefficient (Wildman–Crippen LogP) is 4.13. The van der Waals surface area contributed by atoms with Crippen molar-refractivity contribution < 1.29 is 31.6 Å². The summed E-state index contributed by atoms with van der Waals surface area (Å²) in [7, 11) is 0. The Bertz CT molecular complexity index is 1370. The molecular formula is C23H17F4N5O3. The molecule has 8 nitrogen and oxygen atoms in total. The van der Waals surface area contributed by atoms with E-state index in [0.29, 0.717) is 35.3 Å². The van der Waals surface area contributed by atoms with Crippen LogP contribution in [0.25, 0.3) is 22.4 Å². The monoisotopic (exact) mass is 487 g/mol. The van der Waals surface area contributed by atoms with Crippen LogP contribution in [0.3, 0.4) is 0 Å². The zero-order chi connectivity index (χ0) is 24.6. The van der Waals surface area contributed by atoms with E-state index in [1.807, 2.05) is 0 Å². The van der Waals surface area contributed by atoms with Crippen LogP contribution in [0.5, 0.6) is 5.95 Å². The van der Waals surface area contributed by atoms with E-state index < -0.39 is 23.6 Å². The first-order valence-electron chi connectivity index (χ1n) is 10.5. The van der Waals surface area contributed by atoms with Crippen molar-refractivity contribution in [3.63, 3.8) is 0 Å². The summed E-state index contributed by atoms with van der Waals surface area (Å²) in [6.07, 6.45) is -1.93. The molecule has 1 unspecified atom stereocenters. The van der Waals surface area contributed by atoms with Crippen LogP contribution in [-0.4, -0.2) is 38.5 Å². The molecule has 0 saturated carbocycles. The van der Waals surface area contributed by atoms with Gasteiger partial charge in [0.15, 0.2) is 0 Å². The van der Waals surface area contributed by atoms with Gasteiger partial charge in [-0.1, -0.05) is 0 Å². The second kappa shape index (κ2) is 8.95. The zero-order valence-corrected chi connectivity index (χ0v) is 17.9. The molecule has 5 rings (SSSR count). The molecule has 1 aromatic carbocycles. The number of carbonyl (C=O) groups is 1. The average molecular weight is 487 g/mol. The Kier molecular flexibility index (Phi) is 5.81. The highest BCUT2D eigenvalue weighted by molar-refractivity contribution is 5.82. The first-order valence-corrected chi connectivity index (χ1v) is 10.5. The lowest BCUT2D eigenvalue weighted by atomic mass is 10.1. The number of amides is 1. The predicted molar refractivity (Wildman–Crippen MR) is 114 cm³/mol. The smallest absolute Gasteiger partial charge is 0.417 e. The van der Waals surface area contributed by atoms with Gasteiger partial charge in [-0.3, -0.25) is 9.78 Å². The number of hydrogen-bond acceptors (Lipinski definition) is 7. The van der Waals surface area contributed by atoms with Crippen LogP contribution < -0.4 is 10.2 Å². The maximum Gasteiger partial charge on any atom is 0.417 e. The number of pyridine rings is 1. The van der Waals surface area contributed by atoms with Crippen molar-refractivity contribution in [3.05, 3.63) is 72.1 Å². The minimum atomic E-state index is -4.48. The first kappa shape index (κ1) is 22.7. The molecule has 1 atom stereocenters. The van der Waals surface area contributed by atoms with Crippen LogP contribution >= 0.6 is 0 Å². The number of hydrogen-bond donors (Lipinski definition) is 1. The van der Waals surface area contributed by atoms with Gasteiger partial charge in [0.1, 0.15) is 23.8 Å². The second-order valence-corrected chi connectivity index (χ2v) is 7.83. The van der Waals surface area contributed by atoms with Gasteiger partial charge in [0.25, 0.3) is 0 Å². The van der Waals surface area contributed by atoms with Crippen molar-refractivity contribution in [1.82, 2.24) is 25.3 Å². The summed E-state index contributed by atoms with van der Waals surface area (Å²) >= 11 is 0. The van der Waals surface area contributed by atoms with Crippen LogP contribution in [0.4, 0.5) is 17.6 Å². The molecule has 1 aliphatic heterocycles. The molecule has 0 bridgehead atoms. The van der Waals surface area contributed by atoms with Crippen molar-refractivity contribution in [2.45, 2.75) is 25.2 Å². The summed E-state index contributed by atoms with van der Waals surface area (Å²) < 4.78 is 57.1. The van der Waals surface area contributed by atoms with Crippen molar-refractivity contribution >= 4 is 16.9 Å². The van der Waals surface area contributed by atoms with Crippen LogP contribution in [0.15, 0.2) is 59.4 Å². The maximum absolute atomic E-state index is 13.4. The van der Waals surface area contributed by atoms with Crippen molar-refractivity contribution in [2.24, 2.45) is 0 Å². The lowest BCUT2D eigenvalue weighted by Gasteiger charge is -2.37. The molecule has 0 radical (unpaired) electrons. The number of aromatic nitrogens is 3. The Labute approximate surface area is 195 Å². The Morgan fingerprint density at radius 2 is 1.97 bits per heavy atom. The Morgan fingerprint density at radius 1 is 1.11 bits per heavy atom. The molecule has 35 heavy (non-hydrogen) atoms. The van der Waals surface area contributed by atoms with Gasteiger partial charge >= 0.3 is 12.1 Å². The van der Waals surface area contributed by atoms with Gasteiger partial charge in [-0.2, -0.15) is 13.2 Å². The third kappa shape index (κ3) is 4.92. The van der Waals surface area contributed by atoms with E-state index in [0.717, 1.165) is 12.3 Å². The fourth-order valence-corrected chi connectivity index (χ4v) is 3.53. The summed E-state index contributed by atoms with van der Waals surface area (Å²) in [6.45, 7) is 0.573. The number of furan rings is 1. The van der Waals surface area contributed by atoms with Crippen LogP contribution in [0.2, 0.25) is 0 Å². The fourth-order valence-electron chi connectivity index (χ4n) is 3.53. The molecule has 1 saturated heterocycles. The highest BCUT2D eigenvalue weighted by atomic mass is 19.4. The summed E-state index contributed by atoms with van der Waals surface area (Å²) in [6, 6.07) is 8.77. The summed E-state index contributed by atoms with van der Waals surface area (Å²) in [4.78, 5) is 30.2. The van der Waals surface area contributed by atoms with E-state index in [2.05, 4.69) is 20.3 Å². The van der Waals surface area contributed by atoms with Crippen molar-refractivity contribution in [3.8, 4) is 17.3 Å². The highest BCUT2D eigenvalue weighted by Crippen LogP contribution is 2.30. The molecule has 1 amide bonds. The average Bonchev–Trinajstić information content (AvgIpc) is 3.22. The number of nitrogens with one attached hydrogen (secondary N) is 1. The molecule has 180 valence electrons. The number of fused-ring (bicyclic) bond motifs is 1. The first-order chi connectivity index (χ1) is 16.8. The van der Waals surface area contributed by atoms with E-state index in [4.69, 9.17) is 9.25 Å². The molecule has 12 heteroatoms. The molecule has 3 aromatic heterocycles. The van der Waals surface area contributed by atoms with Gasteiger partial charge in [0.2, 0.25) is 5.91 Å². The molecule has 4 heterocycles. The Hall–Kier alpha value is -4.06. The van der Waals surface area contributed by atoms with E-state index in [9.17, 15) is 22.4 Å². The molecule has 1 N–H and O–H groups in total. The van der Waals surface area contributed by atoms with Crippen molar-refractivity contribution in [1.29, 1.82) is 0 Å². The summed E-state index contributed by atoms with van der Waals surface area (Å²) in [5.41, 5.74) is 0.635. The van der Waals surface area contributed by atoms with Crippen LogP contribution in [0, 0.1) is 5.82 Å². The van der Waals surface area contributed by atoms with Gasteiger partial charge in [0.05, 0.1) is 29.2 Å². The summed E-state index contributed by atoms with van der Waals surface area (Å²) in [5.74, 6) is -0.549. The molecule has 1 aliphatic rings. The number of alkyl halides is 3. The Balaban J connectivity index is 1.19. The van der Waals surface area contributed by atoms with E-state index in [-0.39, 0.29) is 24.1 Å². The van der Waals surface area contributed by atoms with Gasteiger partial charge in [-0.05, 0) is 42.8 Å². The normalized spacial score (nSPS) is 16.2. The number of halogens is 4. The zero-order valence-electron chi connectivity index (χ0n) is 17.9. The summed E-state index contributed by atoms with van der Waals surface area (Å²) in [5, 5.41) is 4.76. The molecule has 1 fully saturated rings. The molecule has 0 spiro atoms. The molecular weight excluding hydrogens is 470 g/mol. The number of benzene rings is 1. The van der Waals surface area contributed by atoms with E-state index in [1.54, 1.807) is 12.1 Å². The van der Waals surface area contributed by atoms with Gasteiger partial charge in [-0.25, -0.2) is 14.4 Å². The van der Waals surface area contributed by atoms with E-state index >= 15 is 0 Å². The lowest BCUT2D eigenvalue weighted by molar-refractivity contribution is -0.177. The number of nitrogens with zero attached hydrogens (tertiary/aromatic N) is 4. The third-order valence-electron chi connectivity index (χ3n) is 5.46. The van der Waals surface area contributed by atoms with Crippen LogP contribution in [-0.2, 0) is 17.5 Å². The van der Waals surface area contributed by atoms with Gasteiger partial charge in [0, 0.05) is 24.2 Å². The minimum Gasteiger partial charge on any atom is -0.424 e. The number of rotatable bonds is 6. The van der Waals surface area contributed by atoms with E-state index in [1.165, 1.54) is 35.7 Å². The Morgan fingerprint density at radius 3 is 2.69 bits per heavy atom. The maximum atomic E-state index is 13.4. The van der Waals surface area contributed by atoms with Gasteiger partial charge < -0.3 is 14.6 Å². The lowest BCUT2D eigenvalue weighted by Crippen LogP contribution is -2.57. The largest absolute Gasteiger partial charge is 0.424 e. The highest BCUT2D eigenvalue weighted by Gasteiger charge is 2.37. The topological polar surface area (TPSA) is 93.4 Å². The third-order valence-corrected chi connectivity index (χ3v) is 5.46. The van der Waals surface area contributed by atoms with Crippen molar-refractivity contribution in [2.75, 3.05) is 6.54 Å². The molecule has 4 aromatic rings. The standard InChI is InChI=1S/C23H17F4N5O3/c24-15-2-4-20-13(7-15)8-21(34-20)35-32-6-5-19(32)22(33)29-11-16-9-18(31-12-30-16)17-3-1-14(10-28-17)23(25,26)27/h1-4,7-10,12,19H,5-6,11H2,(H,29,33). The fraction of sp³-hybridized carbons (Fsp3) is 0.217. The second-order valence-electron chi connectivity index (χ2n) is 7.83. The molecule has 0 aliphatic carbocycles. The quantitative estimate of drug-likeness (QED) is 0.409. The SMILES string of the molecule is O=C(NCc1cc(-c2ccc(C(F)(F)F)cn2)ncn1)C1CCN1Oc1cc2cc(F)ccc2o1. The van der Waals surface area contributed by atoms with Crippen LogP contribution in [0.1, 0.15) is 17.7 Å². The number of hydroxylamine groups is 2. The van der Waals surface area contributed by atoms with Gasteiger partial charge in [-0.15, -0.1) is 5.06 Å².